The molecule has 0 spiro atoms. The highest BCUT2D eigenvalue weighted by atomic mass is 32.2. The van der Waals surface area contributed by atoms with Crippen LogP contribution in [0.3, 0.4) is 0 Å². The Balaban J connectivity index is 1.85. The van der Waals surface area contributed by atoms with Crippen LogP contribution in [0.25, 0.3) is 0 Å². The smallest absolute Gasteiger partial charge is 0.415 e. The zero-order valence-corrected chi connectivity index (χ0v) is 13.5. The van der Waals surface area contributed by atoms with E-state index in [1.54, 1.807) is 0 Å². The molecule has 1 aromatic rings. The summed E-state index contributed by atoms with van der Waals surface area (Å²) in [6.07, 6.45) is -1.11. The molecule has 9 heteroatoms. The van der Waals surface area contributed by atoms with Crippen molar-refractivity contribution in [3.05, 3.63) is 29.3 Å². The SMILES string of the molecule is NC(=O)[C@H]1CN(c2cc(F)c([C@H]3CC[S@+]([O-])CC3)c(F)c2)C(=O)O1. The number of rotatable bonds is 3. The lowest BCUT2D eigenvalue weighted by Gasteiger charge is -2.25. The highest BCUT2D eigenvalue weighted by Crippen LogP contribution is 2.35. The van der Waals surface area contributed by atoms with Crippen LogP contribution in [0.5, 0.6) is 0 Å². The van der Waals surface area contributed by atoms with E-state index in [9.17, 15) is 22.9 Å². The van der Waals surface area contributed by atoms with Crippen LogP contribution in [-0.4, -0.2) is 40.7 Å². The third kappa shape index (κ3) is 3.18. The molecule has 2 aliphatic heterocycles. The van der Waals surface area contributed by atoms with Crippen molar-refractivity contribution < 1.29 is 27.7 Å². The minimum Gasteiger partial charge on any atom is -0.616 e. The van der Waals surface area contributed by atoms with Crippen LogP contribution < -0.4 is 10.6 Å². The number of ether oxygens (including phenoxy) is 1. The number of amides is 2. The van der Waals surface area contributed by atoms with E-state index in [1.165, 1.54) is 0 Å². The summed E-state index contributed by atoms with van der Waals surface area (Å²) in [5.41, 5.74) is 5.00. The number of carbonyl (C=O) groups is 2. The van der Waals surface area contributed by atoms with E-state index in [4.69, 9.17) is 10.5 Å². The predicted octanol–water partition coefficient (Wildman–Crippen LogP) is 1.40. The third-order valence-corrected chi connectivity index (χ3v) is 5.68. The first-order chi connectivity index (χ1) is 11.4. The number of halogens is 2. The maximum Gasteiger partial charge on any atom is 0.415 e. The Bertz CT molecular complexity index is 656. The summed E-state index contributed by atoms with van der Waals surface area (Å²) in [5, 5.41) is 0. The molecule has 6 nitrogen and oxygen atoms in total. The van der Waals surface area contributed by atoms with Crippen LogP contribution in [-0.2, 0) is 20.7 Å². The first-order valence-electron chi connectivity index (χ1n) is 7.48. The topological polar surface area (TPSA) is 95.7 Å². The quantitative estimate of drug-likeness (QED) is 0.826. The fourth-order valence-corrected chi connectivity index (χ4v) is 4.32. The van der Waals surface area contributed by atoms with E-state index in [0.29, 0.717) is 24.3 Å². The number of hydrogen-bond acceptors (Lipinski definition) is 4. The largest absolute Gasteiger partial charge is 0.616 e. The van der Waals surface area contributed by atoms with Gasteiger partial charge in [0.25, 0.3) is 5.91 Å². The maximum absolute atomic E-state index is 14.4. The molecule has 2 N–H and O–H groups in total. The van der Waals surface area contributed by atoms with E-state index in [2.05, 4.69) is 0 Å². The van der Waals surface area contributed by atoms with Gasteiger partial charge >= 0.3 is 6.09 Å². The van der Waals surface area contributed by atoms with E-state index in [1.807, 2.05) is 0 Å². The average molecular weight is 358 g/mol. The lowest BCUT2D eigenvalue weighted by atomic mass is 9.92. The zero-order chi connectivity index (χ0) is 17.4. The van der Waals surface area contributed by atoms with Crippen molar-refractivity contribution in [3.8, 4) is 0 Å². The van der Waals surface area contributed by atoms with Crippen LogP contribution in [0.15, 0.2) is 12.1 Å². The number of nitrogens with zero attached hydrogens (tertiary/aromatic N) is 1. The summed E-state index contributed by atoms with van der Waals surface area (Å²) in [5.74, 6) is -1.84. The van der Waals surface area contributed by atoms with Crippen molar-refractivity contribution in [2.75, 3.05) is 23.0 Å². The lowest BCUT2D eigenvalue weighted by Crippen LogP contribution is -2.32. The van der Waals surface area contributed by atoms with Crippen molar-refractivity contribution >= 4 is 28.9 Å². The number of hydrogen-bond donors (Lipinski definition) is 1. The Kier molecular flexibility index (Phi) is 4.64. The van der Waals surface area contributed by atoms with Gasteiger partial charge in [-0.1, -0.05) is 11.2 Å². The molecule has 0 bridgehead atoms. The van der Waals surface area contributed by atoms with Crippen LogP contribution in [0.4, 0.5) is 19.3 Å². The summed E-state index contributed by atoms with van der Waals surface area (Å²) < 4.78 is 45.0. The monoisotopic (exact) mass is 358 g/mol. The first kappa shape index (κ1) is 17.0. The Morgan fingerprint density at radius 3 is 2.38 bits per heavy atom. The minimum atomic E-state index is -1.14. The van der Waals surface area contributed by atoms with Gasteiger partial charge in [0.05, 0.1) is 12.2 Å². The van der Waals surface area contributed by atoms with Crippen molar-refractivity contribution in [2.45, 2.75) is 24.9 Å². The second kappa shape index (κ2) is 6.56. The van der Waals surface area contributed by atoms with Crippen molar-refractivity contribution in [3.63, 3.8) is 0 Å². The number of primary amides is 1. The number of anilines is 1. The molecule has 0 aromatic heterocycles. The molecule has 2 heterocycles. The highest BCUT2D eigenvalue weighted by molar-refractivity contribution is 7.91. The Labute approximate surface area is 140 Å². The van der Waals surface area contributed by atoms with Crippen molar-refractivity contribution in [1.82, 2.24) is 0 Å². The minimum absolute atomic E-state index is 0.0260. The molecule has 2 aliphatic rings. The molecule has 0 saturated carbocycles. The van der Waals surface area contributed by atoms with Crippen molar-refractivity contribution in [1.29, 1.82) is 0 Å². The standard InChI is InChI=1S/C15H16F2N2O4S/c16-10-5-9(19-7-12(14(18)20)23-15(19)21)6-11(17)13(10)8-1-3-24(22)4-2-8/h5-6,8,12H,1-4,7H2,(H2,18,20)/t8-,12-,24-/m1/s1. The molecule has 1 aromatic carbocycles. The van der Waals surface area contributed by atoms with E-state index >= 15 is 0 Å². The Morgan fingerprint density at radius 1 is 1.29 bits per heavy atom. The molecule has 2 fully saturated rings. The van der Waals surface area contributed by atoms with Crippen molar-refractivity contribution in [2.24, 2.45) is 5.73 Å². The molecule has 0 radical (unpaired) electrons. The summed E-state index contributed by atoms with van der Waals surface area (Å²) in [6.45, 7) is -0.186. The molecule has 2 amide bonds. The van der Waals surface area contributed by atoms with Crippen LogP contribution >= 0.6 is 0 Å². The molecular weight excluding hydrogens is 342 g/mol. The number of nitrogens with two attached hydrogens (primary N) is 1. The van der Waals surface area contributed by atoms with Gasteiger partial charge in [0.15, 0.2) is 6.10 Å². The van der Waals surface area contributed by atoms with Crippen LogP contribution in [0.1, 0.15) is 24.3 Å². The molecular formula is C15H16F2N2O4S. The molecule has 0 unspecified atom stereocenters. The summed E-state index contributed by atoms with van der Waals surface area (Å²) >= 11 is -0.926. The van der Waals surface area contributed by atoms with Gasteiger partial charge in [-0.3, -0.25) is 9.69 Å². The molecule has 130 valence electrons. The van der Waals surface area contributed by atoms with Gasteiger partial charge < -0.3 is 15.0 Å². The van der Waals surface area contributed by atoms with Gasteiger partial charge in [0, 0.05) is 5.56 Å². The number of carbonyl (C=O) groups excluding carboxylic acids is 2. The second-order valence-corrected chi connectivity index (χ2v) is 7.53. The van der Waals surface area contributed by atoms with Gasteiger partial charge in [-0.2, -0.15) is 0 Å². The van der Waals surface area contributed by atoms with E-state index < -0.39 is 40.9 Å². The third-order valence-electron chi connectivity index (χ3n) is 4.30. The molecule has 0 aliphatic carbocycles. The summed E-state index contributed by atoms with van der Waals surface area (Å²) in [7, 11) is 0. The summed E-state index contributed by atoms with van der Waals surface area (Å²) in [4.78, 5) is 23.8. The van der Waals surface area contributed by atoms with Gasteiger partial charge in [0.1, 0.15) is 23.1 Å². The normalized spacial score (nSPS) is 27.2. The predicted molar refractivity (Wildman–Crippen MR) is 83.0 cm³/mol. The fourth-order valence-electron chi connectivity index (χ4n) is 3.02. The molecule has 1 atom stereocenters. The first-order valence-corrected chi connectivity index (χ1v) is 8.97. The Morgan fingerprint density at radius 2 is 1.88 bits per heavy atom. The summed E-state index contributed by atoms with van der Waals surface area (Å²) in [6, 6.07) is 2.10. The zero-order valence-electron chi connectivity index (χ0n) is 12.7. The van der Waals surface area contributed by atoms with E-state index in [0.717, 1.165) is 17.0 Å². The molecule has 24 heavy (non-hydrogen) atoms. The van der Waals surface area contributed by atoms with Crippen LogP contribution in [0, 0.1) is 11.6 Å². The molecule has 2 saturated heterocycles. The maximum atomic E-state index is 14.4. The van der Waals surface area contributed by atoms with Gasteiger partial charge in [-0.05, 0) is 30.9 Å². The average Bonchev–Trinajstić information content (AvgIpc) is 2.90. The van der Waals surface area contributed by atoms with Gasteiger partial charge in [0.2, 0.25) is 0 Å². The van der Waals surface area contributed by atoms with Crippen LogP contribution in [0.2, 0.25) is 0 Å². The fraction of sp³-hybridized carbons (Fsp3) is 0.467. The van der Waals surface area contributed by atoms with E-state index in [-0.39, 0.29) is 23.7 Å². The second-order valence-electron chi connectivity index (χ2n) is 5.83. The lowest BCUT2D eigenvalue weighted by molar-refractivity contribution is -0.124. The number of cyclic esters (lactones) is 1. The molecule has 3 rings (SSSR count). The van der Waals surface area contributed by atoms with Gasteiger partial charge in [-0.15, -0.1) is 0 Å². The highest BCUT2D eigenvalue weighted by Gasteiger charge is 2.37. The van der Waals surface area contributed by atoms with Gasteiger partial charge in [-0.25, -0.2) is 13.6 Å². The Hall–Kier alpha value is -1.87. The number of benzene rings is 1.